The molecule has 0 aromatic carbocycles. The molecule has 0 saturated heterocycles. The molecule has 0 radical (unpaired) electrons. The van der Waals surface area contributed by atoms with E-state index in [1.54, 1.807) is 0 Å². The maximum Gasteiger partial charge on any atom is 0.0836 e. The summed E-state index contributed by atoms with van der Waals surface area (Å²) in [5.74, 6) is 0.982. The highest BCUT2D eigenvalue weighted by atomic mass is 16.3. The fraction of sp³-hybridized carbons (Fsp3) is 0.917. The molecule has 14 heavy (non-hydrogen) atoms. The van der Waals surface area contributed by atoms with Crippen LogP contribution in [0.25, 0.3) is 0 Å². The van der Waals surface area contributed by atoms with Gasteiger partial charge < -0.3 is 5.11 Å². The van der Waals surface area contributed by atoms with Crippen LogP contribution in [-0.2, 0) is 0 Å². The molecule has 0 aromatic heterocycles. The summed E-state index contributed by atoms with van der Waals surface area (Å²) in [6.07, 6.45) is 6.33. The quantitative estimate of drug-likeness (QED) is 0.732. The molecule has 78 valence electrons. The molecule has 2 aliphatic rings. The molecule has 2 fully saturated rings. The lowest BCUT2D eigenvalue weighted by molar-refractivity contribution is 0.0168. The van der Waals surface area contributed by atoms with Crippen molar-refractivity contribution < 1.29 is 5.11 Å². The third-order valence-electron chi connectivity index (χ3n) is 4.16. The Morgan fingerprint density at radius 2 is 2.00 bits per heavy atom. The lowest BCUT2D eigenvalue weighted by Gasteiger charge is -2.34. The van der Waals surface area contributed by atoms with E-state index in [1.807, 2.05) is 0 Å². The summed E-state index contributed by atoms with van der Waals surface area (Å²) in [4.78, 5) is 0. The summed E-state index contributed by atoms with van der Waals surface area (Å²) < 4.78 is 0. The Hall–Kier alpha value is -0.550. The zero-order chi connectivity index (χ0) is 10.2. The Morgan fingerprint density at radius 1 is 1.36 bits per heavy atom. The number of hydrogen-bond acceptors (Lipinski definition) is 2. The molecule has 0 spiro atoms. The lowest BCUT2D eigenvalue weighted by atomic mass is 9.73. The molecule has 1 N–H and O–H groups in total. The number of hydrogen-bond donors (Lipinski definition) is 1. The molecule has 2 heteroatoms. The molecule has 2 saturated carbocycles. The monoisotopic (exact) mass is 193 g/mol. The standard InChI is InChI=1S/C12H19NO/c1-9-4-2-3-5-10(9)11(14)12(8-13)6-7-12/h9-11,14H,2-7H2,1H3. The van der Waals surface area contributed by atoms with Crippen molar-refractivity contribution in [3.63, 3.8) is 0 Å². The maximum atomic E-state index is 10.2. The van der Waals surface area contributed by atoms with E-state index in [9.17, 15) is 5.11 Å². The van der Waals surface area contributed by atoms with Crippen LogP contribution < -0.4 is 0 Å². The average Bonchev–Trinajstić information content (AvgIpc) is 2.98. The van der Waals surface area contributed by atoms with Gasteiger partial charge in [0.05, 0.1) is 17.6 Å². The molecular weight excluding hydrogens is 174 g/mol. The molecule has 2 nitrogen and oxygen atoms in total. The Balaban J connectivity index is 2.03. The summed E-state index contributed by atoms with van der Waals surface area (Å²) in [6.45, 7) is 2.22. The first-order chi connectivity index (χ1) is 6.69. The predicted molar refractivity (Wildman–Crippen MR) is 54.4 cm³/mol. The largest absolute Gasteiger partial charge is 0.391 e. The van der Waals surface area contributed by atoms with Crippen molar-refractivity contribution >= 4 is 0 Å². The smallest absolute Gasteiger partial charge is 0.0836 e. The molecule has 2 aliphatic carbocycles. The van der Waals surface area contributed by atoms with Gasteiger partial charge in [0.1, 0.15) is 0 Å². The molecule has 0 bridgehead atoms. The van der Waals surface area contributed by atoms with Crippen molar-refractivity contribution in [3.05, 3.63) is 0 Å². The minimum absolute atomic E-state index is 0.351. The van der Waals surface area contributed by atoms with Crippen LogP contribution in [0.1, 0.15) is 45.4 Å². The van der Waals surface area contributed by atoms with Crippen LogP contribution in [0.5, 0.6) is 0 Å². The highest BCUT2D eigenvalue weighted by Crippen LogP contribution is 2.52. The van der Waals surface area contributed by atoms with E-state index in [-0.39, 0.29) is 11.5 Å². The summed E-state index contributed by atoms with van der Waals surface area (Å²) >= 11 is 0. The second-order valence-corrected chi connectivity index (χ2v) is 5.14. The third-order valence-corrected chi connectivity index (χ3v) is 4.16. The summed E-state index contributed by atoms with van der Waals surface area (Å²) in [5.41, 5.74) is -0.351. The molecule has 3 unspecified atom stereocenters. The van der Waals surface area contributed by atoms with Crippen molar-refractivity contribution in [2.75, 3.05) is 0 Å². The molecule has 0 aliphatic heterocycles. The highest BCUT2D eigenvalue weighted by molar-refractivity contribution is 5.15. The van der Waals surface area contributed by atoms with Gasteiger partial charge in [0.15, 0.2) is 0 Å². The van der Waals surface area contributed by atoms with E-state index in [1.165, 1.54) is 19.3 Å². The van der Waals surface area contributed by atoms with Gasteiger partial charge in [-0.25, -0.2) is 0 Å². The average molecular weight is 193 g/mol. The lowest BCUT2D eigenvalue weighted by Crippen LogP contribution is -2.35. The topological polar surface area (TPSA) is 44.0 Å². The first kappa shape index (κ1) is 9.98. The molecule has 0 amide bonds. The van der Waals surface area contributed by atoms with Gasteiger partial charge in [-0.2, -0.15) is 5.26 Å². The van der Waals surface area contributed by atoms with Crippen LogP contribution in [0.4, 0.5) is 0 Å². The first-order valence-corrected chi connectivity index (χ1v) is 5.79. The third kappa shape index (κ3) is 1.54. The van der Waals surface area contributed by atoms with Gasteiger partial charge in [-0.1, -0.05) is 26.2 Å². The molecule has 3 atom stereocenters. The number of aliphatic hydroxyl groups excluding tert-OH is 1. The number of nitrogens with zero attached hydrogens (tertiary/aromatic N) is 1. The number of nitriles is 1. The predicted octanol–water partition coefficient (Wildman–Crippen LogP) is 2.48. The van der Waals surface area contributed by atoms with Gasteiger partial charge in [-0.15, -0.1) is 0 Å². The first-order valence-electron chi connectivity index (χ1n) is 5.79. The maximum absolute atomic E-state index is 10.2. The number of aliphatic hydroxyl groups is 1. The number of rotatable bonds is 2. The second-order valence-electron chi connectivity index (χ2n) is 5.14. The van der Waals surface area contributed by atoms with E-state index >= 15 is 0 Å². The van der Waals surface area contributed by atoms with Gasteiger partial charge in [0, 0.05) is 0 Å². The van der Waals surface area contributed by atoms with E-state index in [0.29, 0.717) is 11.8 Å². The van der Waals surface area contributed by atoms with Crippen molar-refractivity contribution in [1.82, 2.24) is 0 Å². The van der Waals surface area contributed by atoms with E-state index in [0.717, 1.165) is 19.3 Å². The van der Waals surface area contributed by atoms with Crippen LogP contribution in [0, 0.1) is 28.6 Å². The fourth-order valence-electron chi connectivity index (χ4n) is 2.83. The second kappa shape index (κ2) is 3.55. The minimum Gasteiger partial charge on any atom is -0.391 e. The van der Waals surface area contributed by atoms with Gasteiger partial charge in [0.2, 0.25) is 0 Å². The fourth-order valence-corrected chi connectivity index (χ4v) is 2.83. The summed E-state index contributed by atoms with van der Waals surface area (Å²) in [7, 11) is 0. The Kier molecular flexibility index (Phi) is 2.53. The summed E-state index contributed by atoms with van der Waals surface area (Å²) in [5, 5.41) is 19.2. The molecular formula is C12H19NO. The molecule has 2 rings (SSSR count). The highest BCUT2D eigenvalue weighted by Gasteiger charge is 2.53. The molecule has 0 heterocycles. The van der Waals surface area contributed by atoms with E-state index in [4.69, 9.17) is 5.26 Å². The Morgan fingerprint density at radius 3 is 2.50 bits per heavy atom. The van der Waals surface area contributed by atoms with Crippen LogP contribution in [0.15, 0.2) is 0 Å². The Bertz CT molecular complexity index is 252. The van der Waals surface area contributed by atoms with E-state index in [2.05, 4.69) is 13.0 Å². The SMILES string of the molecule is CC1CCCCC1C(O)C1(C#N)CC1. The zero-order valence-corrected chi connectivity index (χ0v) is 8.87. The van der Waals surface area contributed by atoms with E-state index < -0.39 is 0 Å². The van der Waals surface area contributed by atoms with Gasteiger partial charge in [0.25, 0.3) is 0 Å². The van der Waals surface area contributed by atoms with Crippen molar-refractivity contribution in [1.29, 1.82) is 5.26 Å². The Labute approximate surface area is 85.9 Å². The molecule has 0 aromatic rings. The van der Waals surface area contributed by atoms with Crippen molar-refractivity contribution in [2.45, 2.75) is 51.6 Å². The zero-order valence-electron chi connectivity index (χ0n) is 8.87. The van der Waals surface area contributed by atoms with Gasteiger partial charge >= 0.3 is 0 Å². The van der Waals surface area contributed by atoms with Crippen LogP contribution in [0.3, 0.4) is 0 Å². The van der Waals surface area contributed by atoms with Gasteiger partial charge in [-0.3, -0.25) is 0 Å². The van der Waals surface area contributed by atoms with Crippen molar-refractivity contribution in [2.24, 2.45) is 17.3 Å². The van der Waals surface area contributed by atoms with Crippen molar-refractivity contribution in [3.8, 4) is 6.07 Å². The van der Waals surface area contributed by atoms with Crippen LogP contribution >= 0.6 is 0 Å². The minimum atomic E-state index is -0.359. The summed E-state index contributed by atoms with van der Waals surface area (Å²) in [6, 6.07) is 2.32. The van der Waals surface area contributed by atoms with Crippen LogP contribution in [0.2, 0.25) is 0 Å². The van der Waals surface area contributed by atoms with Gasteiger partial charge in [-0.05, 0) is 31.1 Å². The van der Waals surface area contributed by atoms with Crippen LogP contribution in [-0.4, -0.2) is 11.2 Å². The normalized spacial score (nSPS) is 37.2.